The lowest BCUT2D eigenvalue weighted by atomic mass is 9.83. The number of carbonyl (C=O) groups is 2. The Bertz CT molecular complexity index is 374. The van der Waals surface area contributed by atoms with Gasteiger partial charge in [-0.1, -0.05) is 41.5 Å². The molecular formula is C16H30N2O3. The van der Waals surface area contributed by atoms with Crippen molar-refractivity contribution in [1.29, 1.82) is 0 Å². The first-order chi connectivity index (χ1) is 9.68. The van der Waals surface area contributed by atoms with Crippen LogP contribution in [0.4, 0.5) is 0 Å². The molecule has 0 radical (unpaired) electrons. The molecule has 1 aliphatic rings. The van der Waals surface area contributed by atoms with Crippen LogP contribution in [-0.2, 0) is 14.3 Å². The van der Waals surface area contributed by atoms with Gasteiger partial charge in [0.05, 0.1) is 6.61 Å². The zero-order valence-electron chi connectivity index (χ0n) is 14.2. The molecule has 0 saturated carbocycles. The Hall–Kier alpha value is -1.10. The molecular weight excluding hydrogens is 268 g/mol. The molecule has 0 aromatic rings. The number of carbonyl (C=O) groups excluding carboxylic acids is 2. The molecule has 0 spiro atoms. The van der Waals surface area contributed by atoms with Crippen LogP contribution in [0.2, 0.25) is 0 Å². The average Bonchev–Trinajstić information content (AvgIpc) is 2.35. The molecule has 0 aromatic heterocycles. The van der Waals surface area contributed by atoms with Gasteiger partial charge in [0.1, 0.15) is 12.1 Å². The lowest BCUT2D eigenvalue weighted by Gasteiger charge is -2.44. The summed E-state index contributed by atoms with van der Waals surface area (Å²) in [7, 11) is 0. The van der Waals surface area contributed by atoms with Crippen LogP contribution in [0.5, 0.6) is 0 Å². The summed E-state index contributed by atoms with van der Waals surface area (Å²) in [6.45, 7) is 13.7. The van der Waals surface area contributed by atoms with Gasteiger partial charge in [-0.3, -0.25) is 9.59 Å². The number of nitrogens with zero attached hydrogens (tertiary/aromatic N) is 1. The third-order valence-electron chi connectivity index (χ3n) is 3.61. The van der Waals surface area contributed by atoms with E-state index in [9.17, 15) is 9.59 Å². The van der Waals surface area contributed by atoms with E-state index in [0.29, 0.717) is 32.1 Å². The monoisotopic (exact) mass is 298 g/mol. The van der Waals surface area contributed by atoms with Crippen LogP contribution < -0.4 is 5.32 Å². The molecule has 1 fully saturated rings. The maximum absolute atomic E-state index is 12.5. The number of amides is 2. The van der Waals surface area contributed by atoms with E-state index in [0.717, 1.165) is 0 Å². The lowest BCUT2D eigenvalue weighted by molar-refractivity contribution is -0.154. The Morgan fingerprint density at radius 3 is 2.38 bits per heavy atom. The van der Waals surface area contributed by atoms with Crippen molar-refractivity contribution in [3.8, 4) is 0 Å². The molecule has 0 aromatic carbocycles. The Morgan fingerprint density at radius 1 is 1.29 bits per heavy atom. The minimum Gasteiger partial charge on any atom is -0.379 e. The maximum Gasteiger partial charge on any atom is 0.245 e. The fourth-order valence-corrected chi connectivity index (χ4v) is 2.64. The number of hydrogen-bond acceptors (Lipinski definition) is 3. The van der Waals surface area contributed by atoms with Crippen LogP contribution >= 0.6 is 0 Å². The molecule has 1 N–H and O–H groups in total. The summed E-state index contributed by atoms with van der Waals surface area (Å²) in [6.07, 6.45) is 0.616. The number of rotatable bonds is 6. The molecule has 2 atom stereocenters. The standard InChI is InChI=1S/C16H30N2O3/c1-7-12-15(20)18(8-9-21-10-11(2)3)13(14(19)17-12)16(4,5)6/h11-13H,7-10H2,1-6H3,(H,17,19). The van der Waals surface area contributed by atoms with Gasteiger partial charge in [-0.25, -0.2) is 0 Å². The summed E-state index contributed by atoms with van der Waals surface area (Å²) in [5.41, 5.74) is -0.295. The Morgan fingerprint density at radius 2 is 1.90 bits per heavy atom. The van der Waals surface area contributed by atoms with Crippen LogP contribution in [0.25, 0.3) is 0 Å². The molecule has 122 valence electrons. The van der Waals surface area contributed by atoms with E-state index >= 15 is 0 Å². The minimum atomic E-state index is -0.435. The van der Waals surface area contributed by atoms with Crippen LogP contribution in [0, 0.1) is 11.3 Å². The van der Waals surface area contributed by atoms with E-state index < -0.39 is 12.1 Å². The summed E-state index contributed by atoms with van der Waals surface area (Å²) >= 11 is 0. The number of ether oxygens (including phenoxy) is 1. The third kappa shape index (κ3) is 4.70. The second kappa shape index (κ2) is 7.25. The zero-order chi connectivity index (χ0) is 16.2. The second-order valence-electron chi connectivity index (χ2n) is 7.24. The van der Waals surface area contributed by atoms with Crippen molar-refractivity contribution in [1.82, 2.24) is 10.2 Å². The molecule has 2 unspecified atom stereocenters. The van der Waals surface area contributed by atoms with Gasteiger partial charge in [-0.15, -0.1) is 0 Å². The zero-order valence-corrected chi connectivity index (χ0v) is 14.2. The van der Waals surface area contributed by atoms with Crippen molar-refractivity contribution in [3.05, 3.63) is 0 Å². The van der Waals surface area contributed by atoms with Crippen molar-refractivity contribution < 1.29 is 14.3 Å². The van der Waals surface area contributed by atoms with Gasteiger partial charge in [-0.05, 0) is 17.8 Å². The molecule has 2 amide bonds. The largest absolute Gasteiger partial charge is 0.379 e. The van der Waals surface area contributed by atoms with Crippen LogP contribution in [0.15, 0.2) is 0 Å². The van der Waals surface area contributed by atoms with E-state index in [4.69, 9.17) is 4.74 Å². The van der Waals surface area contributed by atoms with Crippen molar-refractivity contribution in [2.75, 3.05) is 19.8 Å². The molecule has 5 nitrogen and oxygen atoms in total. The summed E-state index contributed by atoms with van der Waals surface area (Å²) in [5, 5.41) is 2.84. The highest BCUT2D eigenvalue weighted by atomic mass is 16.5. The van der Waals surface area contributed by atoms with E-state index in [1.165, 1.54) is 0 Å². The molecule has 1 aliphatic heterocycles. The second-order valence-corrected chi connectivity index (χ2v) is 7.24. The Labute approximate surface area is 128 Å². The van der Waals surface area contributed by atoms with Gasteiger partial charge in [0, 0.05) is 13.2 Å². The fourth-order valence-electron chi connectivity index (χ4n) is 2.64. The van der Waals surface area contributed by atoms with Crippen LogP contribution in [0.1, 0.15) is 48.0 Å². The maximum atomic E-state index is 12.5. The van der Waals surface area contributed by atoms with Crippen LogP contribution in [0.3, 0.4) is 0 Å². The summed E-state index contributed by atoms with van der Waals surface area (Å²) in [4.78, 5) is 26.6. The SMILES string of the molecule is CCC1NC(=O)C(C(C)(C)C)N(CCOCC(C)C)C1=O. The first-order valence-corrected chi connectivity index (χ1v) is 7.87. The predicted molar refractivity (Wildman–Crippen MR) is 82.8 cm³/mol. The first-order valence-electron chi connectivity index (χ1n) is 7.87. The van der Waals surface area contributed by atoms with Crippen molar-refractivity contribution in [2.24, 2.45) is 11.3 Å². The molecule has 1 rings (SSSR count). The topological polar surface area (TPSA) is 58.6 Å². The molecule has 21 heavy (non-hydrogen) atoms. The van der Waals surface area contributed by atoms with E-state index in [1.54, 1.807) is 4.90 Å². The normalized spacial score (nSPS) is 23.7. The Kier molecular flexibility index (Phi) is 6.20. The summed E-state index contributed by atoms with van der Waals surface area (Å²) < 4.78 is 5.59. The predicted octanol–water partition coefficient (Wildman–Crippen LogP) is 1.81. The van der Waals surface area contributed by atoms with Crippen molar-refractivity contribution in [2.45, 2.75) is 60.0 Å². The fraction of sp³-hybridized carbons (Fsp3) is 0.875. The van der Waals surface area contributed by atoms with E-state index in [2.05, 4.69) is 19.2 Å². The minimum absolute atomic E-state index is 0.00479. The van der Waals surface area contributed by atoms with Gasteiger partial charge in [-0.2, -0.15) is 0 Å². The molecule has 0 bridgehead atoms. The quantitative estimate of drug-likeness (QED) is 0.761. The van der Waals surface area contributed by atoms with Gasteiger partial charge >= 0.3 is 0 Å². The van der Waals surface area contributed by atoms with Crippen molar-refractivity contribution >= 4 is 11.8 Å². The van der Waals surface area contributed by atoms with Crippen LogP contribution in [-0.4, -0.2) is 48.6 Å². The number of piperazine rings is 1. The summed E-state index contributed by atoms with van der Waals surface area (Å²) in [5.74, 6) is 0.412. The number of nitrogens with one attached hydrogen (secondary N) is 1. The van der Waals surface area contributed by atoms with Gasteiger partial charge in [0.2, 0.25) is 11.8 Å². The van der Waals surface area contributed by atoms with Gasteiger partial charge in [0.25, 0.3) is 0 Å². The van der Waals surface area contributed by atoms with Gasteiger partial charge in [0.15, 0.2) is 0 Å². The van der Waals surface area contributed by atoms with Crippen molar-refractivity contribution in [3.63, 3.8) is 0 Å². The molecule has 5 heteroatoms. The highest BCUT2D eigenvalue weighted by Gasteiger charge is 2.45. The van der Waals surface area contributed by atoms with E-state index in [-0.39, 0.29) is 17.2 Å². The third-order valence-corrected chi connectivity index (χ3v) is 3.61. The Balaban J connectivity index is 2.79. The average molecular weight is 298 g/mol. The number of hydrogen-bond donors (Lipinski definition) is 1. The first kappa shape index (κ1) is 18.0. The highest BCUT2D eigenvalue weighted by molar-refractivity contribution is 5.97. The van der Waals surface area contributed by atoms with Gasteiger partial charge < -0.3 is 15.0 Å². The van der Waals surface area contributed by atoms with E-state index in [1.807, 2.05) is 27.7 Å². The molecule has 1 heterocycles. The smallest absolute Gasteiger partial charge is 0.245 e. The lowest BCUT2D eigenvalue weighted by Crippen LogP contribution is -2.67. The summed E-state index contributed by atoms with van der Waals surface area (Å²) in [6, 6.07) is -0.836. The highest BCUT2D eigenvalue weighted by Crippen LogP contribution is 2.28. The molecule has 1 saturated heterocycles. The molecule has 0 aliphatic carbocycles.